The van der Waals surface area contributed by atoms with Gasteiger partial charge in [0.2, 0.25) is 6.19 Å². The number of hydrogen-bond donors (Lipinski definition) is 1. The Morgan fingerprint density at radius 3 is 2.73 bits per heavy atom. The zero-order valence-electron chi connectivity index (χ0n) is 15.9. The third-order valence-electron chi connectivity index (χ3n) is 4.00. The molecule has 1 amide bonds. The van der Waals surface area contributed by atoms with Crippen LogP contribution in [-0.4, -0.2) is 42.0 Å². The van der Waals surface area contributed by atoms with Crippen molar-refractivity contribution in [1.82, 2.24) is 10.3 Å². The van der Waals surface area contributed by atoms with E-state index < -0.39 is 12.1 Å². The third-order valence-corrected chi connectivity index (χ3v) is 4.25. The van der Waals surface area contributed by atoms with Crippen LogP contribution < -0.4 is 10.1 Å². The van der Waals surface area contributed by atoms with Gasteiger partial charge in [-0.1, -0.05) is 54.6 Å². The molecule has 3 rings (SSSR count). The molecular weight excluding hydrogens is 406 g/mol. The molecule has 1 aliphatic heterocycles. The molecule has 30 heavy (non-hydrogen) atoms. The van der Waals surface area contributed by atoms with E-state index in [0.717, 1.165) is 5.56 Å². The fourth-order valence-corrected chi connectivity index (χ4v) is 2.83. The van der Waals surface area contributed by atoms with Gasteiger partial charge in [0, 0.05) is 10.6 Å². The van der Waals surface area contributed by atoms with Gasteiger partial charge in [0.05, 0.1) is 18.3 Å². The van der Waals surface area contributed by atoms with E-state index in [1.165, 1.54) is 11.1 Å². The van der Waals surface area contributed by atoms with Crippen LogP contribution >= 0.6 is 11.6 Å². The maximum atomic E-state index is 12.1. The van der Waals surface area contributed by atoms with Crippen molar-refractivity contribution >= 4 is 29.4 Å². The summed E-state index contributed by atoms with van der Waals surface area (Å²) in [5.41, 5.74) is 1.29. The fourth-order valence-electron chi connectivity index (χ4n) is 2.70. The molecule has 2 aromatic carbocycles. The maximum Gasteiger partial charge on any atom is 0.408 e. The number of nitriles is 1. The minimum absolute atomic E-state index is 0.0149. The smallest absolute Gasteiger partial charge is 0.408 e. The van der Waals surface area contributed by atoms with E-state index in [4.69, 9.17) is 26.3 Å². The first-order chi connectivity index (χ1) is 14.6. The van der Waals surface area contributed by atoms with Gasteiger partial charge < -0.3 is 14.8 Å². The number of ether oxygens (including phenoxy) is 2. The molecule has 1 aliphatic rings. The van der Waals surface area contributed by atoms with Crippen LogP contribution in [0.1, 0.15) is 5.56 Å². The number of nitrogens with zero attached hydrogens (tertiary/aromatic N) is 4. The van der Waals surface area contributed by atoms with E-state index in [1.54, 1.807) is 54.7 Å². The van der Waals surface area contributed by atoms with E-state index in [9.17, 15) is 4.79 Å². The van der Waals surface area contributed by atoms with E-state index in [1.807, 2.05) is 6.07 Å². The summed E-state index contributed by atoms with van der Waals surface area (Å²) in [5.74, 6) is 0.497. The van der Waals surface area contributed by atoms with Crippen molar-refractivity contribution in [2.24, 2.45) is 10.1 Å². The van der Waals surface area contributed by atoms with Crippen LogP contribution in [0.15, 0.2) is 77.3 Å². The lowest BCUT2D eigenvalue weighted by Crippen LogP contribution is -2.44. The first-order valence-electron chi connectivity index (χ1n) is 8.96. The van der Waals surface area contributed by atoms with Gasteiger partial charge in [-0.2, -0.15) is 10.4 Å². The normalized spacial score (nSPS) is 15.7. The Labute approximate surface area is 178 Å². The number of carbonyl (C=O) groups is 1. The average molecular weight is 424 g/mol. The Balaban J connectivity index is 1.87. The highest BCUT2D eigenvalue weighted by Crippen LogP contribution is 2.19. The maximum absolute atomic E-state index is 12.1. The first kappa shape index (κ1) is 20.9. The van der Waals surface area contributed by atoms with Crippen molar-refractivity contribution < 1.29 is 14.3 Å². The van der Waals surface area contributed by atoms with E-state index in [2.05, 4.69) is 22.0 Å². The molecule has 0 aromatic heterocycles. The molecule has 152 valence electrons. The van der Waals surface area contributed by atoms with Crippen LogP contribution in [0.5, 0.6) is 5.75 Å². The van der Waals surface area contributed by atoms with E-state index in [0.29, 0.717) is 16.5 Å². The molecule has 0 bridgehead atoms. The standard InChI is InChI=1S/C21H18ClN5O3/c1-2-12-29-21(28)25-18-13-27(26-19(18)15-8-10-16(22)11-9-15)20(24-14-23)30-17-6-4-3-5-7-17/h2-11,18H,1,12-13H2,(H,25,28). The topological polar surface area (TPSA) is 99.3 Å². The van der Waals surface area contributed by atoms with Crippen LogP contribution in [0.3, 0.4) is 0 Å². The summed E-state index contributed by atoms with van der Waals surface area (Å²) in [4.78, 5) is 15.8. The molecule has 9 heteroatoms. The van der Waals surface area contributed by atoms with Crippen LogP contribution in [0, 0.1) is 11.5 Å². The second-order valence-corrected chi connectivity index (χ2v) is 6.50. The quantitative estimate of drug-likeness (QED) is 0.343. The van der Waals surface area contributed by atoms with Gasteiger partial charge in [0.25, 0.3) is 0 Å². The summed E-state index contributed by atoms with van der Waals surface area (Å²) in [5, 5.41) is 18.4. The number of carbonyl (C=O) groups excluding carboxylic acids is 1. The highest BCUT2D eigenvalue weighted by Gasteiger charge is 2.33. The number of halogens is 1. The first-order valence-corrected chi connectivity index (χ1v) is 9.34. The summed E-state index contributed by atoms with van der Waals surface area (Å²) >= 11 is 5.98. The lowest BCUT2D eigenvalue weighted by Gasteiger charge is -2.17. The Morgan fingerprint density at radius 2 is 2.07 bits per heavy atom. The van der Waals surface area contributed by atoms with E-state index in [-0.39, 0.29) is 19.2 Å². The van der Waals surface area contributed by atoms with Gasteiger partial charge in [-0.3, -0.25) is 0 Å². The second-order valence-electron chi connectivity index (χ2n) is 6.07. The SMILES string of the molecule is C=CCOC(=O)NC1CN(C(=NC#N)Oc2ccccc2)N=C1c1ccc(Cl)cc1. The number of benzene rings is 2. The number of hydrogen-bond acceptors (Lipinski definition) is 6. The van der Waals surface area contributed by atoms with Crippen molar-refractivity contribution in [2.75, 3.05) is 13.2 Å². The molecule has 1 atom stereocenters. The number of rotatable bonds is 5. The largest absolute Gasteiger partial charge is 0.445 e. The average Bonchev–Trinajstić information content (AvgIpc) is 3.17. The summed E-state index contributed by atoms with van der Waals surface area (Å²) in [6, 6.07) is 15.4. The summed E-state index contributed by atoms with van der Waals surface area (Å²) in [7, 11) is 0. The number of nitrogens with one attached hydrogen (secondary N) is 1. The molecule has 1 N–H and O–H groups in total. The number of amidine groups is 1. The van der Waals surface area contributed by atoms with Crippen molar-refractivity contribution in [3.63, 3.8) is 0 Å². The predicted octanol–water partition coefficient (Wildman–Crippen LogP) is 3.56. The van der Waals surface area contributed by atoms with Crippen molar-refractivity contribution in [3.05, 3.63) is 77.8 Å². The molecule has 0 aliphatic carbocycles. The van der Waals surface area contributed by atoms with Gasteiger partial charge in [-0.25, -0.2) is 9.80 Å². The van der Waals surface area contributed by atoms with Crippen molar-refractivity contribution in [2.45, 2.75) is 6.04 Å². The lowest BCUT2D eigenvalue weighted by molar-refractivity contribution is 0.156. The Morgan fingerprint density at radius 1 is 1.33 bits per heavy atom. The van der Waals surface area contributed by atoms with Gasteiger partial charge in [0.15, 0.2) is 0 Å². The van der Waals surface area contributed by atoms with Gasteiger partial charge >= 0.3 is 12.1 Å². The van der Waals surface area contributed by atoms with Crippen LogP contribution in [-0.2, 0) is 4.74 Å². The van der Waals surface area contributed by atoms with Crippen LogP contribution in [0.4, 0.5) is 4.79 Å². The Hall–Kier alpha value is -3.83. The lowest BCUT2D eigenvalue weighted by atomic mass is 10.0. The molecule has 1 unspecified atom stereocenters. The number of aliphatic imine (C=N–C) groups is 1. The van der Waals surface area contributed by atoms with Gasteiger partial charge in [-0.05, 0) is 24.3 Å². The minimum atomic E-state index is -0.619. The predicted molar refractivity (Wildman–Crippen MR) is 113 cm³/mol. The monoisotopic (exact) mass is 423 g/mol. The zero-order chi connectivity index (χ0) is 21.3. The van der Waals surface area contributed by atoms with Crippen molar-refractivity contribution in [3.8, 4) is 11.9 Å². The van der Waals surface area contributed by atoms with Gasteiger partial charge in [0.1, 0.15) is 12.4 Å². The number of hydrazone groups is 1. The minimum Gasteiger partial charge on any atom is -0.445 e. The molecule has 0 saturated carbocycles. The molecule has 1 heterocycles. The number of alkyl carbamates (subject to hydrolysis) is 1. The molecule has 0 radical (unpaired) electrons. The molecule has 0 saturated heterocycles. The Kier molecular flexibility index (Phi) is 7.03. The van der Waals surface area contributed by atoms with Gasteiger partial charge in [-0.15, -0.1) is 4.99 Å². The highest BCUT2D eigenvalue weighted by molar-refractivity contribution is 6.30. The number of para-hydroxylation sites is 1. The molecule has 0 spiro atoms. The third kappa shape index (κ3) is 5.37. The second kappa shape index (κ2) is 10.1. The fraction of sp³-hybridized carbons (Fsp3) is 0.143. The van der Waals surface area contributed by atoms with E-state index >= 15 is 0 Å². The molecular formula is C21H18ClN5O3. The summed E-state index contributed by atoms with van der Waals surface area (Å²) in [6.07, 6.45) is 2.58. The molecule has 0 fully saturated rings. The number of amides is 1. The van der Waals surface area contributed by atoms with Crippen LogP contribution in [0.25, 0.3) is 0 Å². The highest BCUT2D eigenvalue weighted by atomic mass is 35.5. The van der Waals surface area contributed by atoms with Crippen molar-refractivity contribution in [1.29, 1.82) is 5.26 Å². The van der Waals surface area contributed by atoms with Crippen LogP contribution in [0.2, 0.25) is 5.02 Å². The summed E-state index contributed by atoms with van der Waals surface area (Å²) in [6.45, 7) is 3.78. The Bertz CT molecular complexity index is 1000. The zero-order valence-corrected chi connectivity index (χ0v) is 16.6. The summed E-state index contributed by atoms with van der Waals surface area (Å²) < 4.78 is 10.7. The molecule has 8 nitrogen and oxygen atoms in total. The molecule has 2 aromatic rings.